The molecule has 1 aliphatic heterocycles. The van der Waals surface area contributed by atoms with Crippen molar-refractivity contribution in [1.29, 1.82) is 0 Å². The number of carbonyl (C=O) groups excluding carboxylic acids is 2. The summed E-state index contributed by atoms with van der Waals surface area (Å²) in [5.41, 5.74) is 2.20. The largest absolute Gasteiger partial charge is 0.370 e. The van der Waals surface area contributed by atoms with Gasteiger partial charge in [0.1, 0.15) is 11.7 Å². The van der Waals surface area contributed by atoms with Crippen LogP contribution < -0.4 is 16.0 Å². The highest BCUT2D eigenvalue weighted by Crippen LogP contribution is 2.19. The summed E-state index contributed by atoms with van der Waals surface area (Å²) in [6.45, 7) is 1.70. The van der Waals surface area contributed by atoms with Crippen molar-refractivity contribution >= 4 is 45.1 Å². The molecular formula is C23H20BrN5O2. The molecule has 0 unspecified atom stereocenters. The van der Waals surface area contributed by atoms with E-state index in [1.54, 1.807) is 54.7 Å². The molecule has 7 nitrogen and oxygen atoms in total. The summed E-state index contributed by atoms with van der Waals surface area (Å²) in [5.74, 6) is 0.612. The monoisotopic (exact) mass is 477 g/mol. The molecule has 31 heavy (non-hydrogen) atoms. The van der Waals surface area contributed by atoms with E-state index in [-0.39, 0.29) is 11.8 Å². The molecule has 0 fully saturated rings. The Kier molecular flexibility index (Phi) is 6.37. The minimum Gasteiger partial charge on any atom is -0.370 e. The van der Waals surface area contributed by atoms with Crippen LogP contribution in [0, 0.1) is 0 Å². The number of aliphatic imine (C=N–C) groups is 1. The lowest BCUT2D eigenvalue weighted by Crippen LogP contribution is -2.30. The van der Waals surface area contributed by atoms with Gasteiger partial charge in [-0.2, -0.15) is 0 Å². The molecule has 156 valence electrons. The van der Waals surface area contributed by atoms with Crippen LogP contribution in [0.1, 0.15) is 32.7 Å². The molecule has 0 aliphatic carbocycles. The molecule has 0 spiro atoms. The maximum absolute atomic E-state index is 12.8. The van der Waals surface area contributed by atoms with E-state index in [1.165, 1.54) is 0 Å². The first kappa shape index (κ1) is 20.7. The summed E-state index contributed by atoms with van der Waals surface area (Å²) in [5, 5.41) is 8.83. The molecule has 8 heteroatoms. The summed E-state index contributed by atoms with van der Waals surface area (Å²) in [6.07, 6.45) is 2.62. The molecule has 0 radical (unpaired) electrons. The number of halogens is 1. The Morgan fingerprint density at radius 1 is 0.935 bits per heavy atom. The second-order valence-corrected chi connectivity index (χ2v) is 7.82. The molecule has 0 atom stereocenters. The van der Waals surface area contributed by atoms with Gasteiger partial charge in [-0.25, -0.2) is 4.98 Å². The Morgan fingerprint density at radius 3 is 2.45 bits per heavy atom. The van der Waals surface area contributed by atoms with E-state index in [9.17, 15) is 9.59 Å². The normalized spacial score (nSPS) is 13.0. The third-order valence-electron chi connectivity index (χ3n) is 4.71. The summed E-state index contributed by atoms with van der Waals surface area (Å²) in [4.78, 5) is 34.1. The molecule has 2 aromatic carbocycles. The van der Waals surface area contributed by atoms with Gasteiger partial charge in [0.05, 0.1) is 11.3 Å². The molecular weight excluding hydrogens is 458 g/mol. The van der Waals surface area contributed by atoms with Crippen molar-refractivity contribution in [2.45, 2.75) is 6.42 Å². The summed E-state index contributed by atoms with van der Waals surface area (Å²) < 4.78 is 0.815. The van der Waals surface area contributed by atoms with Gasteiger partial charge in [-0.1, -0.05) is 24.3 Å². The number of pyridine rings is 1. The van der Waals surface area contributed by atoms with Gasteiger partial charge in [0.2, 0.25) is 0 Å². The number of nitrogens with zero attached hydrogens (tertiary/aromatic N) is 2. The average Bonchev–Trinajstić information content (AvgIpc) is 2.81. The molecule has 3 aromatic rings. The molecule has 1 aromatic heterocycles. The molecule has 0 bridgehead atoms. The number of carbonyl (C=O) groups is 2. The fourth-order valence-corrected chi connectivity index (χ4v) is 3.36. The van der Waals surface area contributed by atoms with Gasteiger partial charge in [-0.3, -0.25) is 14.6 Å². The van der Waals surface area contributed by atoms with E-state index in [4.69, 9.17) is 0 Å². The highest BCUT2D eigenvalue weighted by Gasteiger charge is 2.15. The number of hydrogen-bond donors (Lipinski definition) is 3. The van der Waals surface area contributed by atoms with Crippen LogP contribution in [-0.2, 0) is 0 Å². The van der Waals surface area contributed by atoms with Gasteiger partial charge in [0.15, 0.2) is 0 Å². The molecule has 3 N–H and O–H groups in total. The number of nitrogens with one attached hydrogen (secondary N) is 3. The standard InChI is InChI=1S/C23H20BrN5O2/c24-17-10-11-20(27-14-17)29-23(31)18-4-1-2-5-19(18)28-22(30)16-8-6-15(7-9-16)21-25-12-3-13-26-21/h1-2,4-11,14H,3,12-13H2,(H,25,26)(H,28,30)(H,27,29,31). The highest BCUT2D eigenvalue weighted by molar-refractivity contribution is 9.10. The zero-order chi connectivity index (χ0) is 21.6. The minimum absolute atomic E-state index is 0.299. The van der Waals surface area contributed by atoms with Crippen LogP contribution >= 0.6 is 15.9 Å². The molecule has 0 saturated heterocycles. The fraction of sp³-hybridized carbons (Fsp3) is 0.130. The minimum atomic E-state index is -0.359. The fourth-order valence-electron chi connectivity index (χ4n) is 3.12. The topological polar surface area (TPSA) is 95.5 Å². The van der Waals surface area contributed by atoms with Crippen LogP contribution in [-0.4, -0.2) is 35.7 Å². The van der Waals surface area contributed by atoms with Crippen molar-refractivity contribution < 1.29 is 9.59 Å². The Hall–Kier alpha value is -3.52. The van der Waals surface area contributed by atoms with E-state index < -0.39 is 0 Å². The summed E-state index contributed by atoms with van der Waals surface area (Å²) in [7, 11) is 0. The van der Waals surface area contributed by atoms with Crippen molar-refractivity contribution in [2.24, 2.45) is 4.99 Å². The molecule has 1 aliphatic rings. The van der Waals surface area contributed by atoms with Gasteiger partial charge in [-0.05, 0) is 58.7 Å². The Labute approximate surface area is 188 Å². The van der Waals surface area contributed by atoms with Crippen LogP contribution in [0.25, 0.3) is 0 Å². The number of benzene rings is 2. The second-order valence-electron chi connectivity index (χ2n) is 6.90. The van der Waals surface area contributed by atoms with Gasteiger partial charge in [0.25, 0.3) is 11.8 Å². The van der Waals surface area contributed by atoms with E-state index in [1.807, 2.05) is 12.1 Å². The van der Waals surface area contributed by atoms with Crippen LogP contribution in [0.4, 0.5) is 11.5 Å². The summed E-state index contributed by atoms with van der Waals surface area (Å²) in [6, 6.07) is 17.6. The van der Waals surface area contributed by atoms with Crippen molar-refractivity contribution in [3.63, 3.8) is 0 Å². The predicted octanol–water partition coefficient (Wildman–Crippen LogP) is 4.09. The van der Waals surface area contributed by atoms with Crippen LogP contribution in [0.5, 0.6) is 0 Å². The quantitative estimate of drug-likeness (QED) is 0.515. The first-order chi connectivity index (χ1) is 15.1. The van der Waals surface area contributed by atoms with Crippen molar-refractivity contribution in [2.75, 3.05) is 23.7 Å². The highest BCUT2D eigenvalue weighted by atomic mass is 79.9. The van der Waals surface area contributed by atoms with Crippen molar-refractivity contribution in [1.82, 2.24) is 10.3 Å². The third-order valence-corrected chi connectivity index (χ3v) is 5.18. The number of amides is 2. The van der Waals surface area contributed by atoms with Crippen LogP contribution in [0.3, 0.4) is 0 Å². The SMILES string of the molecule is O=C(Nc1ccccc1C(=O)Nc1ccc(Br)cn1)c1ccc(C2=NCCCN2)cc1. The smallest absolute Gasteiger partial charge is 0.258 e. The average molecular weight is 478 g/mol. The van der Waals surface area contributed by atoms with Gasteiger partial charge in [-0.15, -0.1) is 0 Å². The predicted molar refractivity (Wildman–Crippen MR) is 125 cm³/mol. The Balaban J connectivity index is 1.48. The van der Waals surface area contributed by atoms with E-state index in [0.29, 0.717) is 22.6 Å². The second kappa shape index (κ2) is 9.53. The van der Waals surface area contributed by atoms with Crippen molar-refractivity contribution in [3.05, 3.63) is 88.0 Å². The van der Waals surface area contributed by atoms with E-state index >= 15 is 0 Å². The maximum Gasteiger partial charge on any atom is 0.258 e. The van der Waals surface area contributed by atoms with E-state index in [2.05, 4.69) is 41.9 Å². The lowest BCUT2D eigenvalue weighted by Gasteiger charge is -2.15. The molecule has 2 heterocycles. The lowest BCUT2D eigenvalue weighted by molar-refractivity contribution is 0.102. The van der Waals surface area contributed by atoms with Gasteiger partial charge < -0.3 is 16.0 Å². The molecule has 0 saturated carbocycles. The lowest BCUT2D eigenvalue weighted by atomic mass is 10.1. The number of hydrogen-bond acceptors (Lipinski definition) is 5. The van der Waals surface area contributed by atoms with Crippen LogP contribution in [0.15, 0.2) is 76.3 Å². The number of anilines is 2. The first-order valence-electron chi connectivity index (χ1n) is 9.82. The maximum atomic E-state index is 12.8. The van der Waals surface area contributed by atoms with Crippen molar-refractivity contribution in [3.8, 4) is 0 Å². The number of aromatic nitrogens is 1. The van der Waals surface area contributed by atoms with Crippen LogP contribution in [0.2, 0.25) is 0 Å². The Bertz CT molecular complexity index is 1130. The zero-order valence-electron chi connectivity index (χ0n) is 16.6. The summed E-state index contributed by atoms with van der Waals surface area (Å²) >= 11 is 3.31. The van der Waals surface area contributed by atoms with Gasteiger partial charge >= 0.3 is 0 Å². The molecule has 2 amide bonds. The van der Waals surface area contributed by atoms with E-state index in [0.717, 1.165) is 35.4 Å². The third kappa shape index (κ3) is 5.16. The number of rotatable bonds is 5. The number of para-hydroxylation sites is 1. The zero-order valence-corrected chi connectivity index (χ0v) is 18.1. The number of amidine groups is 1. The molecule has 4 rings (SSSR count). The first-order valence-corrected chi connectivity index (χ1v) is 10.6. The van der Waals surface area contributed by atoms with Gasteiger partial charge in [0, 0.05) is 34.9 Å². The Morgan fingerprint density at radius 2 is 1.74 bits per heavy atom.